The highest BCUT2D eigenvalue weighted by Gasteiger charge is 2.22. The van der Waals surface area contributed by atoms with Crippen molar-refractivity contribution in [3.8, 4) is 5.75 Å². The topological polar surface area (TPSA) is 77.4 Å². The van der Waals surface area contributed by atoms with Gasteiger partial charge in [0.25, 0.3) is 0 Å². The molecule has 0 spiro atoms. The number of rotatable bonds is 7. The van der Waals surface area contributed by atoms with Gasteiger partial charge in [-0.3, -0.25) is 4.79 Å². The maximum absolute atomic E-state index is 13.2. The van der Waals surface area contributed by atoms with E-state index in [1.54, 1.807) is 78.4 Å². The highest BCUT2D eigenvalue weighted by molar-refractivity contribution is 7.90. The van der Waals surface area contributed by atoms with Crippen LogP contribution in [0.4, 0.5) is 5.69 Å². The zero-order valence-electron chi connectivity index (χ0n) is 17.3. The Morgan fingerprint density at radius 3 is 2.59 bits per heavy atom. The molecular formula is C24H21ClN2O4S. The number of halogens is 1. The Balaban J connectivity index is 1.63. The van der Waals surface area contributed by atoms with Crippen molar-refractivity contribution < 1.29 is 17.9 Å². The molecule has 0 aliphatic rings. The minimum absolute atomic E-state index is 0.0373. The normalized spacial score (nSPS) is 11.4. The van der Waals surface area contributed by atoms with Crippen molar-refractivity contribution >= 4 is 43.9 Å². The van der Waals surface area contributed by atoms with Gasteiger partial charge in [-0.05, 0) is 35.9 Å². The molecule has 0 fully saturated rings. The lowest BCUT2D eigenvalue weighted by Crippen LogP contribution is -2.18. The highest BCUT2D eigenvalue weighted by atomic mass is 35.5. The lowest BCUT2D eigenvalue weighted by molar-refractivity contribution is -0.116. The molecule has 0 atom stereocenters. The predicted octanol–water partition coefficient (Wildman–Crippen LogP) is 4.92. The van der Waals surface area contributed by atoms with Crippen LogP contribution >= 0.6 is 11.6 Å². The molecule has 0 radical (unpaired) electrons. The summed E-state index contributed by atoms with van der Waals surface area (Å²) in [6, 6.07) is 21.0. The van der Waals surface area contributed by atoms with E-state index in [-0.39, 0.29) is 23.1 Å². The van der Waals surface area contributed by atoms with Gasteiger partial charge in [0.05, 0.1) is 17.8 Å². The van der Waals surface area contributed by atoms with Crippen molar-refractivity contribution in [2.75, 3.05) is 12.4 Å². The first-order chi connectivity index (χ1) is 15.4. The van der Waals surface area contributed by atoms with Crippen LogP contribution in [0.25, 0.3) is 10.9 Å². The van der Waals surface area contributed by atoms with E-state index in [4.69, 9.17) is 16.3 Å². The quantitative estimate of drug-likeness (QED) is 0.418. The number of para-hydroxylation sites is 1. The van der Waals surface area contributed by atoms with Gasteiger partial charge in [0.1, 0.15) is 12.3 Å². The van der Waals surface area contributed by atoms with Crippen LogP contribution in [0.15, 0.2) is 83.9 Å². The van der Waals surface area contributed by atoms with Gasteiger partial charge in [-0.25, -0.2) is 8.42 Å². The van der Waals surface area contributed by atoms with Crippen LogP contribution < -0.4 is 10.1 Å². The van der Waals surface area contributed by atoms with Crippen LogP contribution in [0.2, 0.25) is 5.02 Å². The summed E-state index contributed by atoms with van der Waals surface area (Å²) in [6.07, 6.45) is 1.52. The molecule has 0 bridgehead atoms. The highest BCUT2D eigenvalue weighted by Crippen LogP contribution is 2.28. The zero-order chi connectivity index (χ0) is 22.7. The van der Waals surface area contributed by atoms with E-state index >= 15 is 0 Å². The maximum Gasteiger partial charge on any atom is 0.244 e. The average Bonchev–Trinajstić information content (AvgIpc) is 3.13. The number of carbonyl (C=O) groups excluding carboxylic acids is 1. The van der Waals surface area contributed by atoms with Crippen LogP contribution in [0, 0.1) is 0 Å². The summed E-state index contributed by atoms with van der Waals surface area (Å²) in [5.41, 5.74) is 1.86. The smallest absolute Gasteiger partial charge is 0.244 e. The number of fused-ring (bicyclic) bond motifs is 1. The summed E-state index contributed by atoms with van der Waals surface area (Å²) in [6.45, 7) is -0.0373. The largest absolute Gasteiger partial charge is 0.497 e. The lowest BCUT2D eigenvalue weighted by atomic mass is 10.2. The van der Waals surface area contributed by atoms with Gasteiger partial charge < -0.3 is 14.6 Å². The second-order valence-corrected chi connectivity index (χ2v) is 9.70. The van der Waals surface area contributed by atoms with Crippen LogP contribution in [-0.2, 0) is 26.9 Å². The molecule has 0 aliphatic carbocycles. The zero-order valence-corrected chi connectivity index (χ0v) is 18.9. The monoisotopic (exact) mass is 468 g/mol. The van der Waals surface area contributed by atoms with Crippen molar-refractivity contribution in [2.24, 2.45) is 0 Å². The fraction of sp³-hybridized carbons (Fsp3) is 0.125. The first-order valence-electron chi connectivity index (χ1n) is 9.85. The van der Waals surface area contributed by atoms with E-state index in [9.17, 15) is 13.2 Å². The summed E-state index contributed by atoms with van der Waals surface area (Å²) in [5.74, 6) is 0.166. The number of nitrogens with zero attached hydrogens (tertiary/aromatic N) is 1. The molecule has 1 N–H and O–H groups in total. The van der Waals surface area contributed by atoms with Gasteiger partial charge in [0.2, 0.25) is 5.91 Å². The molecule has 0 saturated heterocycles. The molecule has 32 heavy (non-hydrogen) atoms. The fourth-order valence-electron chi connectivity index (χ4n) is 3.57. The van der Waals surface area contributed by atoms with E-state index < -0.39 is 9.84 Å². The third-order valence-electron chi connectivity index (χ3n) is 5.00. The molecule has 1 amide bonds. The Morgan fingerprint density at radius 2 is 1.81 bits per heavy atom. The van der Waals surface area contributed by atoms with Gasteiger partial charge in [-0.15, -0.1) is 0 Å². The maximum atomic E-state index is 13.2. The third-order valence-corrected chi connectivity index (χ3v) is 6.94. The first-order valence-corrected chi connectivity index (χ1v) is 11.9. The lowest BCUT2D eigenvalue weighted by Gasteiger charge is -2.08. The number of ether oxygens (including phenoxy) is 1. The van der Waals surface area contributed by atoms with E-state index in [1.807, 2.05) is 6.07 Å². The van der Waals surface area contributed by atoms with Crippen LogP contribution in [0.5, 0.6) is 5.75 Å². The summed E-state index contributed by atoms with van der Waals surface area (Å²) in [4.78, 5) is 12.9. The molecule has 1 aromatic heterocycles. The second-order valence-electron chi connectivity index (χ2n) is 7.31. The van der Waals surface area contributed by atoms with Crippen molar-refractivity contribution in [1.29, 1.82) is 0 Å². The number of benzene rings is 3. The molecule has 3 aromatic carbocycles. The first kappa shape index (κ1) is 21.9. The molecular weight excluding hydrogens is 448 g/mol. The Kier molecular flexibility index (Phi) is 6.21. The Hall–Kier alpha value is -3.29. The van der Waals surface area contributed by atoms with Gasteiger partial charge in [0, 0.05) is 33.9 Å². The molecule has 4 aromatic rings. The SMILES string of the molecule is COc1cccc(NC(=O)Cn2cc(S(=O)(=O)Cc3cccc(Cl)c3)c3ccccc32)c1. The van der Waals surface area contributed by atoms with Crippen molar-refractivity contribution in [3.05, 3.63) is 89.6 Å². The summed E-state index contributed by atoms with van der Waals surface area (Å²) >= 11 is 6.01. The molecule has 0 unspecified atom stereocenters. The molecule has 1 heterocycles. The van der Waals surface area contributed by atoms with Crippen LogP contribution in [0.3, 0.4) is 0 Å². The number of methoxy groups -OCH3 is 1. The second kappa shape index (κ2) is 9.06. The fourth-order valence-corrected chi connectivity index (χ4v) is 5.35. The van der Waals surface area contributed by atoms with E-state index in [2.05, 4.69) is 5.32 Å². The van der Waals surface area contributed by atoms with Gasteiger partial charge in [-0.2, -0.15) is 0 Å². The molecule has 164 valence electrons. The van der Waals surface area contributed by atoms with Crippen molar-refractivity contribution in [2.45, 2.75) is 17.2 Å². The number of amides is 1. The molecule has 0 aliphatic heterocycles. The van der Waals surface area contributed by atoms with Crippen LogP contribution in [0.1, 0.15) is 5.56 Å². The minimum Gasteiger partial charge on any atom is -0.497 e. The molecule has 4 rings (SSSR count). The average molecular weight is 469 g/mol. The van der Waals surface area contributed by atoms with Gasteiger partial charge >= 0.3 is 0 Å². The van der Waals surface area contributed by atoms with E-state index in [0.29, 0.717) is 32.9 Å². The molecule has 6 nitrogen and oxygen atoms in total. The number of carbonyl (C=O) groups is 1. The van der Waals surface area contributed by atoms with Crippen molar-refractivity contribution in [3.63, 3.8) is 0 Å². The summed E-state index contributed by atoms with van der Waals surface area (Å²) in [5, 5.41) is 3.87. The Morgan fingerprint density at radius 1 is 1.03 bits per heavy atom. The molecule has 0 saturated carbocycles. The number of hydrogen-bond donors (Lipinski definition) is 1. The van der Waals surface area contributed by atoms with E-state index in [0.717, 1.165) is 0 Å². The number of sulfone groups is 1. The number of aromatic nitrogens is 1. The molecule has 8 heteroatoms. The third kappa shape index (κ3) is 4.79. The Bertz CT molecular complexity index is 1400. The van der Waals surface area contributed by atoms with Crippen molar-refractivity contribution in [1.82, 2.24) is 4.57 Å². The summed E-state index contributed by atoms with van der Waals surface area (Å²) in [7, 11) is -2.11. The summed E-state index contributed by atoms with van der Waals surface area (Å²) < 4.78 is 33.3. The number of nitrogens with one attached hydrogen (secondary N) is 1. The van der Waals surface area contributed by atoms with Gasteiger partial charge in [-0.1, -0.05) is 48.0 Å². The standard InChI is InChI=1S/C24H21ClN2O4S/c1-31-20-9-5-8-19(13-20)26-24(28)15-27-14-23(21-10-2-3-11-22(21)27)32(29,30)16-17-6-4-7-18(25)12-17/h2-14H,15-16H2,1H3,(H,26,28). The van der Waals surface area contributed by atoms with Gasteiger partial charge in [0.15, 0.2) is 9.84 Å². The van der Waals surface area contributed by atoms with E-state index in [1.165, 1.54) is 6.20 Å². The van der Waals surface area contributed by atoms with Crippen LogP contribution in [-0.4, -0.2) is 26.0 Å². The number of hydrogen-bond acceptors (Lipinski definition) is 4. The predicted molar refractivity (Wildman–Crippen MR) is 126 cm³/mol. The minimum atomic E-state index is -3.67. The number of anilines is 1. The Labute approximate surface area is 191 Å².